The lowest BCUT2D eigenvalue weighted by molar-refractivity contribution is 0.0351. The molecule has 1 atom stereocenters. The first-order valence-corrected chi connectivity index (χ1v) is 8.31. The average Bonchev–Trinajstić information content (AvgIpc) is 2.45. The summed E-state index contributed by atoms with van der Waals surface area (Å²) in [5, 5.41) is 14.3. The largest absolute Gasteiger partial charge is 0.390 e. The second kappa shape index (κ2) is 6.99. The Morgan fingerprint density at radius 1 is 1.38 bits per heavy atom. The summed E-state index contributed by atoms with van der Waals surface area (Å²) < 4.78 is 0. The highest BCUT2D eigenvalue weighted by atomic mass is 35.5. The first kappa shape index (κ1) is 16.6. The molecule has 118 valence electrons. The molecule has 2 N–H and O–H groups in total. The highest BCUT2D eigenvalue weighted by Crippen LogP contribution is 2.32. The SMILES string of the molecule is CCCNC(C)c1ccc(N2CCC(C)(O)CC2)c(Cl)c1. The van der Waals surface area contributed by atoms with Crippen LogP contribution in [0.5, 0.6) is 0 Å². The van der Waals surface area contributed by atoms with Gasteiger partial charge in [0.05, 0.1) is 16.3 Å². The Kier molecular flexibility index (Phi) is 5.53. The maximum absolute atomic E-state index is 10.0. The number of anilines is 1. The molecular formula is C17H27ClN2O. The van der Waals surface area contributed by atoms with Crippen molar-refractivity contribution in [3.63, 3.8) is 0 Å². The Hall–Kier alpha value is -0.770. The molecule has 2 rings (SSSR count). The van der Waals surface area contributed by atoms with Gasteiger partial charge in [-0.2, -0.15) is 0 Å². The molecule has 4 heteroatoms. The third-order valence-electron chi connectivity index (χ3n) is 4.35. The number of hydrogen-bond donors (Lipinski definition) is 2. The number of nitrogens with zero attached hydrogens (tertiary/aromatic N) is 1. The molecule has 0 saturated carbocycles. The zero-order chi connectivity index (χ0) is 15.5. The monoisotopic (exact) mass is 310 g/mol. The fourth-order valence-corrected chi connectivity index (χ4v) is 3.07. The van der Waals surface area contributed by atoms with Crippen molar-refractivity contribution < 1.29 is 5.11 Å². The van der Waals surface area contributed by atoms with Gasteiger partial charge in [-0.25, -0.2) is 0 Å². The van der Waals surface area contributed by atoms with E-state index in [4.69, 9.17) is 11.6 Å². The minimum Gasteiger partial charge on any atom is -0.390 e. The van der Waals surface area contributed by atoms with Crippen molar-refractivity contribution in [3.05, 3.63) is 28.8 Å². The molecule has 21 heavy (non-hydrogen) atoms. The molecule has 1 aliphatic rings. The molecule has 1 heterocycles. The van der Waals surface area contributed by atoms with Gasteiger partial charge in [0.1, 0.15) is 0 Å². The van der Waals surface area contributed by atoms with E-state index in [0.717, 1.165) is 49.6 Å². The van der Waals surface area contributed by atoms with Gasteiger partial charge in [0, 0.05) is 19.1 Å². The smallest absolute Gasteiger partial charge is 0.0653 e. The van der Waals surface area contributed by atoms with Crippen LogP contribution in [0.4, 0.5) is 5.69 Å². The zero-order valence-electron chi connectivity index (χ0n) is 13.3. The van der Waals surface area contributed by atoms with Crippen molar-refractivity contribution in [1.29, 1.82) is 0 Å². The fourth-order valence-electron chi connectivity index (χ4n) is 2.76. The van der Waals surface area contributed by atoms with Gasteiger partial charge in [-0.1, -0.05) is 24.6 Å². The molecule has 0 aromatic heterocycles. The van der Waals surface area contributed by atoms with Crippen molar-refractivity contribution in [2.75, 3.05) is 24.5 Å². The highest BCUT2D eigenvalue weighted by Gasteiger charge is 2.28. The second-order valence-electron chi connectivity index (χ2n) is 6.37. The van der Waals surface area contributed by atoms with Crippen LogP contribution in [0.15, 0.2) is 18.2 Å². The summed E-state index contributed by atoms with van der Waals surface area (Å²) >= 11 is 6.48. The summed E-state index contributed by atoms with van der Waals surface area (Å²) in [5.74, 6) is 0. The lowest BCUT2D eigenvalue weighted by Crippen LogP contribution is -2.42. The third kappa shape index (κ3) is 4.35. The predicted molar refractivity (Wildman–Crippen MR) is 90.2 cm³/mol. The van der Waals surface area contributed by atoms with Crippen LogP contribution in [0.2, 0.25) is 5.02 Å². The minimum absolute atomic E-state index is 0.318. The highest BCUT2D eigenvalue weighted by molar-refractivity contribution is 6.33. The lowest BCUT2D eigenvalue weighted by Gasteiger charge is -2.37. The fraction of sp³-hybridized carbons (Fsp3) is 0.647. The van der Waals surface area contributed by atoms with E-state index in [2.05, 4.69) is 42.3 Å². The molecule has 1 aromatic rings. The first-order valence-electron chi connectivity index (χ1n) is 7.93. The molecule has 1 aliphatic heterocycles. The summed E-state index contributed by atoms with van der Waals surface area (Å²) in [5.41, 5.74) is 1.78. The van der Waals surface area contributed by atoms with Gasteiger partial charge in [-0.15, -0.1) is 0 Å². The van der Waals surface area contributed by atoms with E-state index in [0.29, 0.717) is 6.04 Å². The Labute approximate surface area is 133 Å². The summed E-state index contributed by atoms with van der Waals surface area (Å²) in [6.45, 7) is 8.98. The van der Waals surface area contributed by atoms with Crippen LogP contribution in [-0.2, 0) is 0 Å². The number of piperidine rings is 1. The topological polar surface area (TPSA) is 35.5 Å². The molecule has 0 aliphatic carbocycles. The van der Waals surface area contributed by atoms with Crippen molar-refractivity contribution in [2.24, 2.45) is 0 Å². The van der Waals surface area contributed by atoms with E-state index >= 15 is 0 Å². The van der Waals surface area contributed by atoms with Crippen LogP contribution in [-0.4, -0.2) is 30.3 Å². The molecule has 0 amide bonds. The van der Waals surface area contributed by atoms with Crippen LogP contribution in [0.1, 0.15) is 51.6 Å². The van der Waals surface area contributed by atoms with E-state index in [1.165, 1.54) is 5.56 Å². The van der Waals surface area contributed by atoms with E-state index in [1.54, 1.807) is 0 Å². The summed E-state index contributed by atoms with van der Waals surface area (Å²) in [4.78, 5) is 2.27. The molecular weight excluding hydrogens is 284 g/mol. The molecule has 3 nitrogen and oxygen atoms in total. The first-order chi connectivity index (χ1) is 9.93. The Balaban J connectivity index is 2.06. The van der Waals surface area contributed by atoms with E-state index in [1.807, 2.05) is 6.92 Å². The minimum atomic E-state index is -0.526. The van der Waals surface area contributed by atoms with Gasteiger partial charge in [0.25, 0.3) is 0 Å². The van der Waals surface area contributed by atoms with Gasteiger partial charge < -0.3 is 15.3 Å². The maximum atomic E-state index is 10.0. The summed E-state index contributed by atoms with van der Waals surface area (Å²) in [7, 11) is 0. The lowest BCUT2D eigenvalue weighted by atomic mass is 9.93. The number of aliphatic hydroxyl groups is 1. The van der Waals surface area contributed by atoms with Gasteiger partial charge >= 0.3 is 0 Å². The summed E-state index contributed by atoms with van der Waals surface area (Å²) in [6.07, 6.45) is 2.71. The molecule has 1 saturated heterocycles. The van der Waals surface area contributed by atoms with Gasteiger partial charge in [0.2, 0.25) is 0 Å². The molecule has 0 spiro atoms. The van der Waals surface area contributed by atoms with Gasteiger partial charge in [-0.05, 0) is 57.4 Å². The third-order valence-corrected chi connectivity index (χ3v) is 4.66. The van der Waals surface area contributed by atoms with E-state index in [-0.39, 0.29) is 0 Å². The van der Waals surface area contributed by atoms with Crippen LogP contribution in [0.25, 0.3) is 0 Å². The van der Waals surface area contributed by atoms with Crippen molar-refractivity contribution >= 4 is 17.3 Å². The Morgan fingerprint density at radius 2 is 2.05 bits per heavy atom. The molecule has 1 fully saturated rings. The van der Waals surface area contributed by atoms with Crippen LogP contribution >= 0.6 is 11.6 Å². The molecule has 1 unspecified atom stereocenters. The number of halogens is 1. The normalized spacial score (nSPS) is 19.6. The Morgan fingerprint density at radius 3 is 2.62 bits per heavy atom. The second-order valence-corrected chi connectivity index (χ2v) is 6.78. The Bertz CT molecular complexity index is 466. The maximum Gasteiger partial charge on any atom is 0.0653 e. The molecule has 1 aromatic carbocycles. The number of benzene rings is 1. The number of rotatable bonds is 5. The van der Waals surface area contributed by atoms with Crippen molar-refractivity contribution in [2.45, 2.75) is 51.7 Å². The van der Waals surface area contributed by atoms with E-state index in [9.17, 15) is 5.11 Å². The van der Waals surface area contributed by atoms with Gasteiger partial charge in [0.15, 0.2) is 0 Å². The molecule has 0 bridgehead atoms. The van der Waals surface area contributed by atoms with Crippen molar-refractivity contribution in [1.82, 2.24) is 5.32 Å². The standard InChI is InChI=1S/C17H27ClN2O/c1-4-9-19-13(2)14-5-6-16(15(18)12-14)20-10-7-17(3,21)8-11-20/h5-6,12-13,19,21H,4,7-11H2,1-3H3. The quantitative estimate of drug-likeness (QED) is 0.869. The zero-order valence-corrected chi connectivity index (χ0v) is 14.1. The molecule has 0 radical (unpaired) electrons. The van der Waals surface area contributed by atoms with Crippen LogP contribution in [0.3, 0.4) is 0 Å². The van der Waals surface area contributed by atoms with E-state index < -0.39 is 5.60 Å². The summed E-state index contributed by atoms with van der Waals surface area (Å²) in [6, 6.07) is 6.65. The van der Waals surface area contributed by atoms with Gasteiger partial charge in [-0.3, -0.25) is 0 Å². The van der Waals surface area contributed by atoms with Crippen molar-refractivity contribution in [3.8, 4) is 0 Å². The number of hydrogen-bond acceptors (Lipinski definition) is 3. The number of nitrogens with one attached hydrogen (secondary N) is 1. The predicted octanol–water partition coefficient (Wildman–Crippen LogP) is 3.75. The average molecular weight is 311 g/mol. The van der Waals surface area contributed by atoms with Crippen LogP contribution in [0, 0.1) is 0 Å². The van der Waals surface area contributed by atoms with Crippen LogP contribution < -0.4 is 10.2 Å².